The molecule has 1 unspecified atom stereocenters. The molecular weight excluding hydrogens is 180 g/mol. The molecule has 0 saturated heterocycles. The molecule has 1 fully saturated rings. The van der Waals surface area contributed by atoms with Gasteiger partial charge < -0.3 is 10.4 Å². The second kappa shape index (κ2) is 5.32. The number of nitrogens with one attached hydrogen (secondary N) is 1. The van der Waals surface area contributed by atoms with Crippen molar-refractivity contribution < 1.29 is 9.90 Å². The lowest BCUT2D eigenvalue weighted by Gasteiger charge is -2.15. The van der Waals surface area contributed by atoms with Gasteiger partial charge in [0.1, 0.15) is 0 Å². The van der Waals surface area contributed by atoms with Gasteiger partial charge in [0.2, 0.25) is 5.91 Å². The highest BCUT2D eigenvalue weighted by Crippen LogP contribution is 2.24. The second-order valence-electron chi connectivity index (χ2n) is 4.13. The molecule has 1 atom stereocenters. The van der Waals surface area contributed by atoms with Crippen molar-refractivity contribution in [3.63, 3.8) is 0 Å². The van der Waals surface area contributed by atoms with E-state index < -0.39 is 0 Å². The van der Waals surface area contributed by atoms with Crippen molar-refractivity contribution in [2.45, 2.75) is 38.3 Å². The minimum Gasteiger partial charge on any atom is -0.393 e. The van der Waals surface area contributed by atoms with Gasteiger partial charge in [0.05, 0.1) is 12.6 Å². The van der Waals surface area contributed by atoms with E-state index in [-0.39, 0.29) is 12.0 Å². The summed E-state index contributed by atoms with van der Waals surface area (Å²) in [5.74, 6) is 0.0556. The quantitative estimate of drug-likeness (QED) is 0.633. The van der Waals surface area contributed by atoms with Crippen LogP contribution in [-0.4, -0.2) is 48.2 Å². The molecule has 1 rings (SSSR count). The van der Waals surface area contributed by atoms with E-state index in [2.05, 4.69) is 10.2 Å². The fourth-order valence-corrected chi connectivity index (χ4v) is 1.35. The Morgan fingerprint density at radius 1 is 1.64 bits per heavy atom. The average molecular weight is 200 g/mol. The van der Waals surface area contributed by atoms with Crippen molar-refractivity contribution in [3.05, 3.63) is 0 Å². The SMILES string of the molecule is CC(O)CCNC(=O)CN(C)C1CC1. The van der Waals surface area contributed by atoms with Crippen LogP contribution >= 0.6 is 0 Å². The number of hydrogen-bond donors (Lipinski definition) is 2. The Morgan fingerprint density at radius 2 is 2.29 bits per heavy atom. The minimum atomic E-state index is -0.337. The molecule has 0 aromatic heterocycles. The predicted octanol–water partition coefficient (Wildman–Crippen LogP) is -0.0323. The van der Waals surface area contributed by atoms with E-state index in [1.165, 1.54) is 12.8 Å². The van der Waals surface area contributed by atoms with Crippen molar-refractivity contribution in [1.29, 1.82) is 0 Å². The third kappa shape index (κ3) is 4.58. The Morgan fingerprint density at radius 3 is 2.79 bits per heavy atom. The number of rotatable bonds is 6. The zero-order valence-corrected chi connectivity index (χ0v) is 8.99. The summed E-state index contributed by atoms with van der Waals surface area (Å²) in [6.07, 6.45) is 2.73. The van der Waals surface area contributed by atoms with Gasteiger partial charge in [-0.25, -0.2) is 0 Å². The van der Waals surface area contributed by atoms with Crippen LogP contribution < -0.4 is 5.32 Å². The summed E-state index contributed by atoms with van der Waals surface area (Å²) in [6.45, 7) is 2.77. The predicted molar refractivity (Wildman–Crippen MR) is 55.0 cm³/mol. The lowest BCUT2D eigenvalue weighted by molar-refractivity contribution is -0.122. The number of aliphatic hydroxyl groups excluding tert-OH is 1. The van der Waals surface area contributed by atoms with Crippen LogP contribution in [0.1, 0.15) is 26.2 Å². The van der Waals surface area contributed by atoms with Gasteiger partial charge in [-0.2, -0.15) is 0 Å². The zero-order valence-electron chi connectivity index (χ0n) is 8.99. The van der Waals surface area contributed by atoms with Gasteiger partial charge in [-0.1, -0.05) is 0 Å². The van der Waals surface area contributed by atoms with Crippen LogP contribution in [0, 0.1) is 0 Å². The average Bonchev–Trinajstić information content (AvgIpc) is 2.84. The van der Waals surface area contributed by atoms with E-state index >= 15 is 0 Å². The third-order valence-corrected chi connectivity index (χ3v) is 2.45. The summed E-state index contributed by atoms with van der Waals surface area (Å²) < 4.78 is 0. The van der Waals surface area contributed by atoms with Crippen LogP contribution in [0.5, 0.6) is 0 Å². The van der Waals surface area contributed by atoms with Gasteiger partial charge in [-0.15, -0.1) is 0 Å². The molecule has 0 spiro atoms. The lowest BCUT2D eigenvalue weighted by atomic mass is 10.3. The van der Waals surface area contributed by atoms with Crippen LogP contribution in [0.4, 0.5) is 0 Å². The van der Waals surface area contributed by atoms with E-state index in [9.17, 15) is 4.79 Å². The molecule has 0 bridgehead atoms. The number of amides is 1. The molecule has 2 N–H and O–H groups in total. The fraction of sp³-hybridized carbons (Fsp3) is 0.900. The number of hydrogen-bond acceptors (Lipinski definition) is 3. The summed E-state index contributed by atoms with van der Waals surface area (Å²) in [7, 11) is 1.98. The highest BCUT2D eigenvalue weighted by atomic mass is 16.3. The van der Waals surface area contributed by atoms with Crippen LogP contribution in [0.2, 0.25) is 0 Å². The molecule has 0 aromatic rings. The van der Waals surface area contributed by atoms with Crippen LogP contribution in [0.3, 0.4) is 0 Å². The molecule has 0 aromatic carbocycles. The summed E-state index contributed by atoms with van der Waals surface area (Å²) in [6, 6.07) is 0.623. The minimum absolute atomic E-state index is 0.0556. The van der Waals surface area contributed by atoms with E-state index in [1.807, 2.05) is 7.05 Å². The van der Waals surface area contributed by atoms with Crippen molar-refractivity contribution in [3.8, 4) is 0 Å². The highest BCUT2D eigenvalue weighted by molar-refractivity contribution is 5.78. The van der Waals surface area contributed by atoms with Gasteiger partial charge in [0, 0.05) is 12.6 Å². The van der Waals surface area contributed by atoms with Gasteiger partial charge in [0.25, 0.3) is 0 Å². The molecular formula is C10H20N2O2. The monoisotopic (exact) mass is 200 g/mol. The van der Waals surface area contributed by atoms with Crippen LogP contribution in [-0.2, 0) is 4.79 Å². The number of likely N-dealkylation sites (N-methyl/N-ethyl adjacent to an activating group) is 1. The Balaban J connectivity index is 2.03. The molecule has 4 nitrogen and oxygen atoms in total. The molecule has 1 amide bonds. The first-order chi connectivity index (χ1) is 6.59. The molecule has 0 heterocycles. The molecule has 1 aliphatic carbocycles. The molecule has 1 aliphatic rings. The molecule has 0 radical (unpaired) electrons. The fourth-order valence-electron chi connectivity index (χ4n) is 1.35. The Kier molecular flexibility index (Phi) is 4.35. The van der Waals surface area contributed by atoms with Crippen molar-refractivity contribution in [2.75, 3.05) is 20.1 Å². The maximum Gasteiger partial charge on any atom is 0.234 e. The topological polar surface area (TPSA) is 52.6 Å². The first-order valence-corrected chi connectivity index (χ1v) is 5.24. The van der Waals surface area contributed by atoms with E-state index in [4.69, 9.17) is 5.11 Å². The third-order valence-electron chi connectivity index (χ3n) is 2.45. The molecule has 0 aliphatic heterocycles. The van der Waals surface area contributed by atoms with Gasteiger partial charge in [0.15, 0.2) is 0 Å². The summed E-state index contributed by atoms with van der Waals surface area (Å²) in [5, 5.41) is 11.8. The summed E-state index contributed by atoms with van der Waals surface area (Å²) in [4.78, 5) is 13.4. The Labute approximate surface area is 85.3 Å². The van der Waals surface area contributed by atoms with Crippen molar-refractivity contribution in [1.82, 2.24) is 10.2 Å². The lowest BCUT2D eigenvalue weighted by Crippen LogP contribution is -2.37. The molecule has 4 heteroatoms. The molecule has 1 saturated carbocycles. The van der Waals surface area contributed by atoms with Gasteiger partial charge in [-0.3, -0.25) is 9.69 Å². The number of carbonyl (C=O) groups is 1. The first-order valence-electron chi connectivity index (χ1n) is 5.24. The highest BCUT2D eigenvalue weighted by Gasteiger charge is 2.26. The molecule has 82 valence electrons. The Hall–Kier alpha value is -0.610. The maximum absolute atomic E-state index is 11.3. The zero-order chi connectivity index (χ0) is 10.6. The Bertz CT molecular complexity index is 191. The van der Waals surface area contributed by atoms with Gasteiger partial charge in [-0.05, 0) is 33.2 Å². The maximum atomic E-state index is 11.3. The summed E-state index contributed by atoms with van der Waals surface area (Å²) in [5.41, 5.74) is 0. The molecule has 14 heavy (non-hydrogen) atoms. The van der Waals surface area contributed by atoms with E-state index in [0.29, 0.717) is 25.6 Å². The smallest absolute Gasteiger partial charge is 0.234 e. The van der Waals surface area contributed by atoms with Gasteiger partial charge >= 0.3 is 0 Å². The standard InChI is InChI=1S/C10H20N2O2/c1-8(13)5-6-11-10(14)7-12(2)9-3-4-9/h8-9,13H,3-7H2,1-2H3,(H,11,14). The number of nitrogens with zero attached hydrogens (tertiary/aromatic N) is 1. The van der Waals surface area contributed by atoms with Crippen molar-refractivity contribution in [2.24, 2.45) is 0 Å². The first kappa shape index (κ1) is 11.5. The summed E-state index contributed by atoms with van der Waals surface area (Å²) >= 11 is 0. The largest absolute Gasteiger partial charge is 0.393 e. The second-order valence-corrected chi connectivity index (χ2v) is 4.13. The van der Waals surface area contributed by atoms with E-state index in [0.717, 1.165) is 0 Å². The number of carbonyl (C=O) groups excluding carboxylic acids is 1. The van der Waals surface area contributed by atoms with Crippen molar-refractivity contribution >= 4 is 5.91 Å². The van der Waals surface area contributed by atoms with Crippen LogP contribution in [0.25, 0.3) is 0 Å². The number of aliphatic hydroxyl groups is 1. The van der Waals surface area contributed by atoms with Crippen LogP contribution in [0.15, 0.2) is 0 Å². The van der Waals surface area contributed by atoms with E-state index in [1.54, 1.807) is 6.92 Å². The normalized spacial score (nSPS) is 18.3.